The molecule has 5 heteroatoms. The van der Waals surface area contributed by atoms with E-state index in [1.807, 2.05) is 60.4 Å². The number of amides is 3. The van der Waals surface area contributed by atoms with Crippen LogP contribution in [0.2, 0.25) is 0 Å². The Kier molecular flexibility index (Phi) is 7.28. The van der Waals surface area contributed by atoms with Crippen LogP contribution in [-0.4, -0.2) is 29.4 Å². The van der Waals surface area contributed by atoms with Crippen LogP contribution < -0.4 is 10.6 Å². The number of likely N-dealkylation sites (tertiary alicyclic amines) is 1. The fraction of sp³-hybridized carbons (Fsp3) is 0.417. The highest BCUT2D eigenvalue weighted by atomic mass is 16.2. The maximum absolute atomic E-state index is 13.1. The molecule has 0 bridgehead atoms. The first kappa shape index (κ1) is 20.9. The number of hydrogen-bond acceptors (Lipinski definition) is 2. The summed E-state index contributed by atoms with van der Waals surface area (Å²) in [6.45, 7) is 4.97. The van der Waals surface area contributed by atoms with Crippen LogP contribution in [0.4, 0.5) is 4.79 Å². The molecule has 3 amide bonds. The number of rotatable bonds is 6. The van der Waals surface area contributed by atoms with Crippen LogP contribution in [0.5, 0.6) is 0 Å². The normalized spacial score (nSPS) is 20.0. The van der Waals surface area contributed by atoms with Crippen LogP contribution in [0.3, 0.4) is 0 Å². The number of urea groups is 1. The molecule has 2 aromatic rings. The van der Waals surface area contributed by atoms with E-state index in [1.165, 1.54) is 0 Å². The van der Waals surface area contributed by atoms with Crippen LogP contribution in [0.1, 0.15) is 50.3 Å². The first-order valence-electron chi connectivity index (χ1n) is 10.5. The topological polar surface area (TPSA) is 61.4 Å². The summed E-state index contributed by atoms with van der Waals surface area (Å²) in [6.07, 6.45) is 2.46. The van der Waals surface area contributed by atoms with Gasteiger partial charge in [-0.3, -0.25) is 4.79 Å². The lowest BCUT2D eigenvalue weighted by atomic mass is 9.88. The highest BCUT2D eigenvalue weighted by Crippen LogP contribution is 2.33. The summed E-state index contributed by atoms with van der Waals surface area (Å²) in [5.74, 6) is -0.127. The molecule has 1 fully saturated rings. The zero-order chi connectivity index (χ0) is 20.6. The first-order valence-corrected chi connectivity index (χ1v) is 10.5. The van der Waals surface area contributed by atoms with E-state index in [2.05, 4.69) is 29.7 Å². The van der Waals surface area contributed by atoms with E-state index >= 15 is 0 Å². The van der Waals surface area contributed by atoms with Gasteiger partial charge in [-0.05, 0) is 37.3 Å². The van der Waals surface area contributed by atoms with Gasteiger partial charge in [0.1, 0.15) is 0 Å². The van der Waals surface area contributed by atoms with Gasteiger partial charge in [-0.2, -0.15) is 0 Å². The second kappa shape index (κ2) is 10.1. The third-order valence-corrected chi connectivity index (χ3v) is 5.69. The van der Waals surface area contributed by atoms with E-state index in [9.17, 15) is 9.59 Å². The first-order chi connectivity index (χ1) is 14.1. The molecule has 154 valence electrons. The molecule has 29 heavy (non-hydrogen) atoms. The molecular weight excluding hydrogens is 362 g/mol. The summed E-state index contributed by atoms with van der Waals surface area (Å²) < 4.78 is 0. The van der Waals surface area contributed by atoms with Crippen molar-refractivity contribution in [1.29, 1.82) is 0 Å². The van der Waals surface area contributed by atoms with Gasteiger partial charge in [0.25, 0.3) is 0 Å². The standard InChI is InChI=1S/C24H31N3O2/c1-3-18(2)26-23(28)21-14-15-22(20-12-8-5-9-13-20)27(17-21)24(29)25-16-19-10-6-4-7-11-19/h4-13,18,21-22H,3,14-17H2,1-2H3,(H,25,29)(H,26,28). The molecule has 1 aliphatic heterocycles. The molecule has 1 saturated heterocycles. The van der Waals surface area contributed by atoms with Gasteiger partial charge in [0, 0.05) is 19.1 Å². The summed E-state index contributed by atoms with van der Waals surface area (Å²) in [5.41, 5.74) is 2.17. The van der Waals surface area contributed by atoms with Crippen molar-refractivity contribution in [2.24, 2.45) is 5.92 Å². The summed E-state index contributed by atoms with van der Waals surface area (Å²) >= 11 is 0. The summed E-state index contributed by atoms with van der Waals surface area (Å²) in [6, 6.07) is 20.0. The Morgan fingerprint density at radius 2 is 1.69 bits per heavy atom. The van der Waals surface area contributed by atoms with Crippen molar-refractivity contribution >= 4 is 11.9 Å². The highest BCUT2D eigenvalue weighted by Gasteiger charge is 2.35. The van der Waals surface area contributed by atoms with Gasteiger partial charge < -0.3 is 15.5 Å². The molecule has 5 nitrogen and oxygen atoms in total. The van der Waals surface area contributed by atoms with Crippen LogP contribution in [0.15, 0.2) is 60.7 Å². The van der Waals surface area contributed by atoms with Crippen LogP contribution in [-0.2, 0) is 11.3 Å². The zero-order valence-electron chi connectivity index (χ0n) is 17.3. The average molecular weight is 394 g/mol. The van der Waals surface area contributed by atoms with Gasteiger partial charge in [-0.1, -0.05) is 67.6 Å². The van der Waals surface area contributed by atoms with Crippen molar-refractivity contribution in [3.8, 4) is 0 Å². The smallest absolute Gasteiger partial charge is 0.318 e. The summed E-state index contributed by atoms with van der Waals surface area (Å²) in [4.78, 5) is 27.6. The van der Waals surface area contributed by atoms with Crippen molar-refractivity contribution in [2.75, 3.05) is 6.54 Å². The quantitative estimate of drug-likeness (QED) is 0.770. The summed E-state index contributed by atoms with van der Waals surface area (Å²) in [7, 11) is 0. The third kappa shape index (κ3) is 5.59. The fourth-order valence-corrected chi connectivity index (χ4v) is 3.77. The molecular formula is C24H31N3O2. The van der Waals surface area contributed by atoms with Crippen LogP contribution in [0, 0.1) is 5.92 Å². The predicted molar refractivity (Wildman–Crippen MR) is 115 cm³/mol. The van der Waals surface area contributed by atoms with Crippen molar-refractivity contribution in [2.45, 2.75) is 51.7 Å². The Morgan fingerprint density at radius 1 is 1.03 bits per heavy atom. The molecule has 3 atom stereocenters. The van der Waals surface area contributed by atoms with Gasteiger partial charge in [-0.15, -0.1) is 0 Å². The van der Waals surface area contributed by atoms with Gasteiger partial charge in [-0.25, -0.2) is 4.79 Å². The number of nitrogens with one attached hydrogen (secondary N) is 2. The van der Waals surface area contributed by atoms with Gasteiger partial charge in [0.05, 0.1) is 12.0 Å². The van der Waals surface area contributed by atoms with Crippen LogP contribution >= 0.6 is 0 Å². The molecule has 1 aliphatic rings. The number of piperidine rings is 1. The minimum atomic E-state index is -0.175. The lowest BCUT2D eigenvalue weighted by Gasteiger charge is -2.39. The number of carbonyl (C=O) groups is 2. The van der Waals surface area contributed by atoms with E-state index in [1.54, 1.807) is 0 Å². The van der Waals surface area contributed by atoms with Crippen molar-refractivity contribution < 1.29 is 9.59 Å². The zero-order valence-corrected chi connectivity index (χ0v) is 17.3. The highest BCUT2D eigenvalue weighted by molar-refractivity contribution is 5.81. The Hall–Kier alpha value is -2.82. The molecule has 0 aliphatic carbocycles. The lowest BCUT2D eigenvalue weighted by Crippen LogP contribution is -2.50. The van der Waals surface area contributed by atoms with Gasteiger partial charge in [0.2, 0.25) is 5.91 Å². The molecule has 0 aromatic heterocycles. The van der Waals surface area contributed by atoms with E-state index in [0.29, 0.717) is 13.1 Å². The molecule has 3 unspecified atom stereocenters. The van der Waals surface area contributed by atoms with E-state index in [0.717, 1.165) is 30.4 Å². The molecule has 2 N–H and O–H groups in total. The number of benzene rings is 2. The monoisotopic (exact) mass is 393 g/mol. The maximum atomic E-state index is 13.1. The second-order valence-corrected chi connectivity index (χ2v) is 7.82. The molecule has 2 aromatic carbocycles. The Balaban J connectivity index is 1.72. The predicted octanol–water partition coefficient (Wildman–Crippen LogP) is 4.26. The maximum Gasteiger partial charge on any atom is 0.318 e. The van der Waals surface area contributed by atoms with Crippen LogP contribution in [0.25, 0.3) is 0 Å². The van der Waals surface area contributed by atoms with E-state index in [-0.39, 0.29) is 29.9 Å². The number of hydrogen-bond donors (Lipinski definition) is 2. The molecule has 0 saturated carbocycles. The molecule has 1 heterocycles. The fourth-order valence-electron chi connectivity index (χ4n) is 3.77. The van der Waals surface area contributed by atoms with Crippen molar-refractivity contribution in [3.63, 3.8) is 0 Å². The minimum absolute atomic E-state index is 0.0142. The second-order valence-electron chi connectivity index (χ2n) is 7.82. The minimum Gasteiger partial charge on any atom is -0.353 e. The van der Waals surface area contributed by atoms with Gasteiger partial charge >= 0.3 is 6.03 Å². The lowest BCUT2D eigenvalue weighted by molar-refractivity contribution is -0.127. The van der Waals surface area contributed by atoms with E-state index < -0.39 is 0 Å². The Labute approximate surface area is 173 Å². The van der Waals surface area contributed by atoms with E-state index in [4.69, 9.17) is 0 Å². The molecule has 0 spiro atoms. The number of nitrogens with zero attached hydrogens (tertiary/aromatic N) is 1. The largest absolute Gasteiger partial charge is 0.353 e. The average Bonchev–Trinajstić information content (AvgIpc) is 2.78. The summed E-state index contributed by atoms with van der Waals surface area (Å²) in [5, 5.41) is 6.11. The Morgan fingerprint density at radius 3 is 2.34 bits per heavy atom. The number of carbonyl (C=O) groups excluding carboxylic acids is 2. The van der Waals surface area contributed by atoms with Gasteiger partial charge in [0.15, 0.2) is 0 Å². The molecule has 3 rings (SSSR count). The Bertz CT molecular complexity index is 794. The van der Waals surface area contributed by atoms with Crippen molar-refractivity contribution in [3.05, 3.63) is 71.8 Å². The SMILES string of the molecule is CCC(C)NC(=O)C1CCC(c2ccccc2)N(C(=O)NCc2ccccc2)C1. The third-order valence-electron chi connectivity index (χ3n) is 5.69. The van der Waals surface area contributed by atoms with Crippen molar-refractivity contribution in [1.82, 2.24) is 15.5 Å². The molecule has 0 radical (unpaired) electrons.